The molecular weight excluding hydrogens is 446 g/mol. The Morgan fingerprint density at radius 3 is 2.18 bits per heavy atom. The predicted molar refractivity (Wildman–Crippen MR) is 133 cm³/mol. The Hall–Kier alpha value is -3.16. The quantitative estimate of drug-likeness (QED) is 0.563. The van der Waals surface area contributed by atoms with Crippen LogP contribution >= 0.6 is 0 Å². The van der Waals surface area contributed by atoms with Gasteiger partial charge in [-0.05, 0) is 54.3 Å². The van der Waals surface area contributed by atoms with Gasteiger partial charge in [0.15, 0.2) is 0 Å². The van der Waals surface area contributed by atoms with Crippen molar-refractivity contribution in [2.45, 2.75) is 24.3 Å². The molecule has 176 valence electrons. The Morgan fingerprint density at radius 1 is 0.794 bits per heavy atom. The van der Waals surface area contributed by atoms with E-state index in [4.69, 9.17) is 0 Å². The first-order valence-electron chi connectivity index (χ1n) is 11.8. The Balaban J connectivity index is 1.28. The minimum absolute atomic E-state index is 0.0187. The zero-order valence-electron chi connectivity index (χ0n) is 19.1. The first kappa shape index (κ1) is 22.6. The third-order valence-corrected chi connectivity index (χ3v) is 8.47. The van der Waals surface area contributed by atoms with Gasteiger partial charge in [-0.2, -0.15) is 0 Å². The highest BCUT2D eigenvalue weighted by molar-refractivity contribution is 7.92. The van der Waals surface area contributed by atoms with Crippen LogP contribution in [-0.4, -0.2) is 56.8 Å². The van der Waals surface area contributed by atoms with E-state index in [0.29, 0.717) is 30.9 Å². The van der Waals surface area contributed by atoms with Crippen LogP contribution in [0.15, 0.2) is 83.8 Å². The van der Waals surface area contributed by atoms with Crippen molar-refractivity contribution >= 4 is 21.6 Å². The molecule has 0 radical (unpaired) electrons. The average molecular weight is 476 g/mol. The van der Waals surface area contributed by atoms with Crippen LogP contribution in [0.2, 0.25) is 0 Å². The zero-order chi connectivity index (χ0) is 23.5. The number of hydrogen-bond donors (Lipinski definition) is 0. The number of aryl methyl sites for hydroxylation is 1. The van der Waals surface area contributed by atoms with Crippen molar-refractivity contribution in [1.82, 2.24) is 9.80 Å². The maximum atomic E-state index is 13.2. The Bertz CT molecular complexity index is 1250. The molecule has 0 N–H and O–H groups in total. The van der Waals surface area contributed by atoms with Gasteiger partial charge < -0.3 is 4.90 Å². The molecule has 0 bridgehead atoms. The fourth-order valence-corrected chi connectivity index (χ4v) is 6.36. The van der Waals surface area contributed by atoms with Crippen molar-refractivity contribution in [3.63, 3.8) is 0 Å². The third kappa shape index (κ3) is 4.58. The van der Waals surface area contributed by atoms with E-state index in [1.165, 1.54) is 9.87 Å². The summed E-state index contributed by atoms with van der Waals surface area (Å²) in [6.07, 6.45) is 1.50. The molecule has 0 saturated carbocycles. The van der Waals surface area contributed by atoms with Crippen LogP contribution < -0.4 is 4.31 Å². The summed E-state index contributed by atoms with van der Waals surface area (Å²) in [5, 5.41) is 0. The third-order valence-electron chi connectivity index (χ3n) is 6.64. The number of nitrogens with zero attached hydrogens (tertiary/aromatic N) is 3. The smallest absolute Gasteiger partial charge is 0.264 e. The summed E-state index contributed by atoms with van der Waals surface area (Å²) < 4.78 is 27.9. The lowest BCUT2D eigenvalue weighted by atomic mass is 10.00. The van der Waals surface area contributed by atoms with Crippen LogP contribution in [0.3, 0.4) is 0 Å². The number of carbonyl (C=O) groups is 1. The van der Waals surface area contributed by atoms with Gasteiger partial charge in [0.05, 0.1) is 10.6 Å². The normalized spacial score (nSPS) is 16.8. The molecule has 0 unspecified atom stereocenters. The molecule has 0 spiro atoms. The monoisotopic (exact) mass is 475 g/mol. The summed E-state index contributed by atoms with van der Waals surface area (Å²) in [6, 6.07) is 24.4. The van der Waals surface area contributed by atoms with Crippen molar-refractivity contribution in [3.8, 4) is 0 Å². The van der Waals surface area contributed by atoms with Crippen molar-refractivity contribution in [2.24, 2.45) is 0 Å². The van der Waals surface area contributed by atoms with Crippen molar-refractivity contribution in [2.75, 3.05) is 37.0 Å². The molecule has 1 amide bonds. The summed E-state index contributed by atoms with van der Waals surface area (Å²) >= 11 is 0. The van der Waals surface area contributed by atoms with E-state index in [-0.39, 0.29) is 10.8 Å². The van der Waals surface area contributed by atoms with Gasteiger partial charge in [0.25, 0.3) is 15.9 Å². The minimum Gasteiger partial charge on any atom is -0.336 e. The number of piperazine rings is 1. The highest BCUT2D eigenvalue weighted by Gasteiger charge is 2.30. The fraction of sp³-hybridized carbons (Fsp3) is 0.296. The van der Waals surface area contributed by atoms with E-state index in [1.807, 2.05) is 23.1 Å². The lowest BCUT2D eigenvalue weighted by Crippen LogP contribution is -2.48. The van der Waals surface area contributed by atoms with Crippen LogP contribution in [0.5, 0.6) is 0 Å². The van der Waals surface area contributed by atoms with E-state index in [0.717, 1.165) is 38.0 Å². The second kappa shape index (κ2) is 9.60. The molecule has 1 saturated heterocycles. The molecule has 0 aliphatic carbocycles. The van der Waals surface area contributed by atoms with E-state index < -0.39 is 10.0 Å². The van der Waals surface area contributed by atoms with Crippen molar-refractivity contribution < 1.29 is 13.2 Å². The van der Waals surface area contributed by atoms with Gasteiger partial charge in [-0.15, -0.1) is 0 Å². The molecule has 3 aromatic carbocycles. The first-order valence-corrected chi connectivity index (χ1v) is 13.2. The number of benzene rings is 3. The fourth-order valence-electron chi connectivity index (χ4n) is 4.80. The molecule has 2 aliphatic rings. The van der Waals surface area contributed by atoms with Gasteiger partial charge >= 0.3 is 0 Å². The molecule has 2 heterocycles. The van der Waals surface area contributed by atoms with E-state index in [2.05, 4.69) is 29.2 Å². The second-order valence-electron chi connectivity index (χ2n) is 8.89. The summed E-state index contributed by atoms with van der Waals surface area (Å²) in [6.45, 7) is 4.41. The standard InChI is InChI=1S/C27H29N3O3S/c31-27(29-18-16-28(17-19-29)21-22-8-3-1-4-9-22)24-13-14-26-23(20-24)10-7-15-30(26)34(32,33)25-11-5-2-6-12-25/h1-6,8-9,11-14,20H,7,10,15-19,21H2. The first-order chi connectivity index (χ1) is 16.5. The molecule has 7 heteroatoms. The van der Waals surface area contributed by atoms with Crippen LogP contribution in [0.1, 0.15) is 27.9 Å². The van der Waals surface area contributed by atoms with Gasteiger partial charge in [-0.3, -0.25) is 14.0 Å². The number of anilines is 1. The van der Waals surface area contributed by atoms with Gasteiger partial charge in [-0.25, -0.2) is 8.42 Å². The Labute approximate surface area is 201 Å². The molecule has 3 aromatic rings. The van der Waals surface area contributed by atoms with E-state index in [1.54, 1.807) is 36.4 Å². The van der Waals surface area contributed by atoms with E-state index >= 15 is 0 Å². The molecular formula is C27H29N3O3S. The number of rotatable bonds is 5. The highest BCUT2D eigenvalue weighted by atomic mass is 32.2. The molecule has 0 atom stereocenters. The molecule has 0 aromatic heterocycles. The van der Waals surface area contributed by atoms with Gasteiger partial charge in [0.1, 0.15) is 0 Å². The van der Waals surface area contributed by atoms with Crippen LogP contribution in [0.25, 0.3) is 0 Å². The number of fused-ring (bicyclic) bond motifs is 1. The highest BCUT2D eigenvalue weighted by Crippen LogP contribution is 2.33. The van der Waals surface area contributed by atoms with Crippen molar-refractivity contribution in [1.29, 1.82) is 0 Å². The number of amides is 1. The van der Waals surface area contributed by atoms with Crippen molar-refractivity contribution in [3.05, 3.63) is 95.6 Å². The molecule has 6 nitrogen and oxygen atoms in total. The summed E-state index contributed by atoms with van der Waals surface area (Å²) in [4.78, 5) is 17.8. The summed E-state index contributed by atoms with van der Waals surface area (Å²) in [5.41, 5.74) is 3.51. The van der Waals surface area contributed by atoms with Crippen LogP contribution in [-0.2, 0) is 23.0 Å². The predicted octanol–water partition coefficient (Wildman–Crippen LogP) is 3.79. The Morgan fingerprint density at radius 2 is 1.47 bits per heavy atom. The SMILES string of the molecule is O=C(c1ccc2c(c1)CCCN2S(=O)(=O)c1ccccc1)N1CCN(Cc2ccccc2)CC1. The summed E-state index contributed by atoms with van der Waals surface area (Å²) in [5.74, 6) is 0.0187. The van der Waals surface area contributed by atoms with Gasteiger partial charge in [-0.1, -0.05) is 48.5 Å². The molecule has 5 rings (SSSR count). The van der Waals surface area contributed by atoms with Gasteiger partial charge in [0, 0.05) is 44.8 Å². The average Bonchev–Trinajstić information content (AvgIpc) is 2.89. The maximum absolute atomic E-state index is 13.2. The molecule has 1 fully saturated rings. The lowest BCUT2D eigenvalue weighted by molar-refractivity contribution is 0.0628. The topological polar surface area (TPSA) is 60.9 Å². The minimum atomic E-state index is -3.63. The second-order valence-corrected chi connectivity index (χ2v) is 10.8. The number of carbonyl (C=O) groups excluding carboxylic acids is 1. The number of hydrogen-bond acceptors (Lipinski definition) is 4. The zero-order valence-corrected chi connectivity index (χ0v) is 20.0. The lowest BCUT2D eigenvalue weighted by Gasteiger charge is -2.35. The summed E-state index contributed by atoms with van der Waals surface area (Å²) in [7, 11) is -3.63. The van der Waals surface area contributed by atoms with Crippen LogP contribution in [0, 0.1) is 0 Å². The maximum Gasteiger partial charge on any atom is 0.264 e. The number of sulfonamides is 1. The van der Waals surface area contributed by atoms with E-state index in [9.17, 15) is 13.2 Å². The van der Waals surface area contributed by atoms with Gasteiger partial charge in [0.2, 0.25) is 0 Å². The molecule has 34 heavy (non-hydrogen) atoms. The Kier molecular flexibility index (Phi) is 6.39. The largest absolute Gasteiger partial charge is 0.336 e. The van der Waals surface area contributed by atoms with Crippen LogP contribution in [0.4, 0.5) is 5.69 Å². The molecule has 2 aliphatic heterocycles.